The minimum Gasteiger partial charge on any atom is -0.493 e. The Bertz CT molecular complexity index is 553. The molecule has 4 nitrogen and oxygen atoms in total. The van der Waals surface area contributed by atoms with Crippen LogP contribution < -0.4 is 4.74 Å². The first-order valence-electron chi connectivity index (χ1n) is 6.32. The van der Waals surface area contributed by atoms with Gasteiger partial charge in [-0.1, -0.05) is 48.5 Å². The Kier molecular flexibility index (Phi) is 4.38. The molecule has 0 saturated carbocycles. The first kappa shape index (κ1) is 14.1. The predicted molar refractivity (Wildman–Crippen MR) is 74.5 cm³/mol. The molecule has 2 N–H and O–H groups in total. The summed E-state index contributed by atoms with van der Waals surface area (Å²) in [6.45, 7) is 0.113. The normalized spacial score (nSPS) is 13.4. The van der Waals surface area contributed by atoms with Gasteiger partial charge in [0.2, 0.25) is 0 Å². The third kappa shape index (κ3) is 3.16. The highest BCUT2D eigenvalue weighted by atomic mass is 16.5. The van der Waals surface area contributed by atoms with Crippen molar-refractivity contribution in [1.29, 1.82) is 0 Å². The summed E-state index contributed by atoms with van der Waals surface area (Å²) in [5.41, 5.74) is -1.58. The smallest absolute Gasteiger partial charge is 0.340 e. The number of benzene rings is 2. The van der Waals surface area contributed by atoms with Crippen LogP contribution in [0.2, 0.25) is 0 Å². The van der Waals surface area contributed by atoms with Crippen molar-refractivity contribution >= 4 is 5.97 Å². The number of carboxylic acid groups (broad SMARTS) is 1. The average molecular weight is 272 g/mol. The van der Waals surface area contributed by atoms with Gasteiger partial charge in [-0.3, -0.25) is 0 Å². The van der Waals surface area contributed by atoms with E-state index < -0.39 is 11.6 Å². The first-order chi connectivity index (χ1) is 9.63. The summed E-state index contributed by atoms with van der Waals surface area (Å²) in [5, 5.41) is 19.6. The van der Waals surface area contributed by atoms with Crippen LogP contribution >= 0.6 is 0 Å². The zero-order chi connectivity index (χ0) is 14.4. The molecule has 0 aromatic heterocycles. The number of hydrogen-bond donors (Lipinski definition) is 2. The van der Waals surface area contributed by atoms with Crippen molar-refractivity contribution in [2.24, 2.45) is 0 Å². The van der Waals surface area contributed by atoms with Gasteiger partial charge < -0.3 is 14.9 Å². The molecule has 2 aromatic rings. The second kappa shape index (κ2) is 6.21. The highest BCUT2D eigenvalue weighted by molar-refractivity contribution is 5.79. The Labute approximate surface area is 117 Å². The van der Waals surface area contributed by atoms with Crippen LogP contribution in [0, 0.1) is 0 Å². The summed E-state index contributed by atoms with van der Waals surface area (Å²) in [6.07, 6.45) is -0.0265. The number of ether oxygens (including phenoxy) is 1. The summed E-state index contributed by atoms with van der Waals surface area (Å²) in [4.78, 5) is 11.4. The van der Waals surface area contributed by atoms with Gasteiger partial charge in [0.05, 0.1) is 6.61 Å². The van der Waals surface area contributed by atoms with E-state index in [0.717, 1.165) is 0 Å². The summed E-state index contributed by atoms with van der Waals surface area (Å²) in [5.74, 6) is -0.631. The summed E-state index contributed by atoms with van der Waals surface area (Å²) in [6, 6.07) is 17.4. The predicted octanol–water partition coefficient (Wildman–Crippen LogP) is 2.43. The lowest BCUT2D eigenvalue weighted by molar-refractivity contribution is -0.161. The molecule has 0 amide bonds. The molecule has 0 aliphatic heterocycles. The number of carbonyl (C=O) groups is 1. The monoisotopic (exact) mass is 272 g/mol. The van der Waals surface area contributed by atoms with E-state index in [2.05, 4.69) is 0 Å². The highest BCUT2D eigenvalue weighted by Gasteiger charge is 2.37. The second-order valence-corrected chi connectivity index (χ2v) is 4.44. The molecular weight excluding hydrogens is 256 g/mol. The van der Waals surface area contributed by atoms with Crippen LogP contribution in [-0.4, -0.2) is 22.8 Å². The quantitative estimate of drug-likeness (QED) is 0.847. The van der Waals surface area contributed by atoms with Gasteiger partial charge >= 0.3 is 5.97 Å². The molecule has 1 unspecified atom stereocenters. The number of rotatable bonds is 6. The highest BCUT2D eigenvalue weighted by Crippen LogP contribution is 2.25. The molecule has 2 aromatic carbocycles. The number of carboxylic acids is 1. The van der Waals surface area contributed by atoms with E-state index in [1.807, 2.05) is 18.2 Å². The Morgan fingerprint density at radius 2 is 1.55 bits per heavy atom. The van der Waals surface area contributed by atoms with E-state index in [-0.39, 0.29) is 13.0 Å². The van der Waals surface area contributed by atoms with Gasteiger partial charge in [0.25, 0.3) is 0 Å². The van der Waals surface area contributed by atoms with Crippen molar-refractivity contribution in [3.05, 3.63) is 66.2 Å². The fraction of sp³-hybridized carbons (Fsp3) is 0.188. The topological polar surface area (TPSA) is 66.8 Å². The van der Waals surface area contributed by atoms with Crippen LogP contribution in [-0.2, 0) is 10.4 Å². The summed E-state index contributed by atoms with van der Waals surface area (Å²) >= 11 is 0. The lowest BCUT2D eigenvalue weighted by Gasteiger charge is -2.23. The van der Waals surface area contributed by atoms with Crippen molar-refractivity contribution in [1.82, 2.24) is 0 Å². The molecule has 0 bridgehead atoms. The van der Waals surface area contributed by atoms with Crippen LogP contribution in [0.3, 0.4) is 0 Å². The third-order valence-corrected chi connectivity index (χ3v) is 3.08. The Hall–Kier alpha value is -2.33. The minimum atomic E-state index is -1.93. The molecule has 0 heterocycles. The Morgan fingerprint density at radius 3 is 2.10 bits per heavy atom. The van der Waals surface area contributed by atoms with Gasteiger partial charge in [-0.2, -0.15) is 0 Å². The Balaban J connectivity index is 2.05. The van der Waals surface area contributed by atoms with Crippen molar-refractivity contribution in [3.63, 3.8) is 0 Å². The van der Waals surface area contributed by atoms with Crippen LogP contribution in [0.4, 0.5) is 0 Å². The van der Waals surface area contributed by atoms with Crippen LogP contribution in [0.25, 0.3) is 0 Å². The zero-order valence-corrected chi connectivity index (χ0v) is 10.9. The Morgan fingerprint density at radius 1 is 1.00 bits per heavy atom. The molecule has 0 aliphatic rings. The van der Waals surface area contributed by atoms with E-state index >= 15 is 0 Å². The van der Waals surface area contributed by atoms with E-state index in [9.17, 15) is 15.0 Å². The molecule has 0 radical (unpaired) electrons. The molecule has 4 heteroatoms. The van der Waals surface area contributed by atoms with Gasteiger partial charge in [-0.15, -0.1) is 0 Å². The zero-order valence-electron chi connectivity index (χ0n) is 10.9. The fourth-order valence-corrected chi connectivity index (χ4v) is 1.92. The lowest BCUT2D eigenvalue weighted by Crippen LogP contribution is -2.37. The second-order valence-electron chi connectivity index (χ2n) is 4.44. The van der Waals surface area contributed by atoms with Crippen molar-refractivity contribution in [2.75, 3.05) is 6.61 Å². The largest absolute Gasteiger partial charge is 0.493 e. The van der Waals surface area contributed by atoms with Gasteiger partial charge in [-0.05, 0) is 17.7 Å². The summed E-state index contributed by atoms with van der Waals surface area (Å²) in [7, 11) is 0. The van der Waals surface area contributed by atoms with Gasteiger partial charge in [0, 0.05) is 6.42 Å². The van der Waals surface area contributed by atoms with Crippen LogP contribution in [0.1, 0.15) is 12.0 Å². The molecule has 0 aliphatic carbocycles. The number of aliphatic carboxylic acids is 1. The molecule has 0 fully saturated rings. The van der Waals surface area contributed by atoms with Crippen LogP contribution in [0.5, 0.6) is 5.75 Å². The van der Waals surface area contributed by atoms with Crippen LogP contribution in [0.15, 0.2) is 60.7 Å². The molecule has 104 valence electrons. The third-order valence-electron chi connectivity index (χ3n) is 3.08. The van der Waals surface area contributed by atoms with Crippen molar-refractivity contribution in [2.45, 2.75) is 12.0 Å². The van der Waals surface area contributed by atoms with Gasteiger partial charge in [-0.25, -0.2) is 4.79 Å². The minimum absolute atomic E-state index is 0.0265. The molecular formula is C16H16O4. The lowest BCUT2D eigenvalue weighted by atomic mass is 9.91. The SMILES string of the molecule is O=C(O)C(O)(CCOc1ccccc1)c1ccccc1. The standard InChI is InChI=1S/C16H16O4/c17-15(18)16(19,13-7-3-1-4-8-13)11-12-20-14-9-5-2-6-10-14/h1-10,19H,11-12H2,(H,17,18). The molecule has 1 atom stereocenters. The van der Waals surface area contributed by atoms with E-state index in [4.69, 9.17) is 4.74 Å². The van der Waals surface area contributed by atoms with Gasteiger partial charge in [0.15, 0.2) is 5.60 Å². The maximum absolute atomic E-state index is 11.4. The summed E-state index contributed by atoms with van der Waals surface area (Å²) < 4.78 is 5.45. The van der Waals surface area contributed by atoms with Crippen molar-refractivity contribution in [3.8, 4) is 5.75 Å². The maximum Gasteiger partial charge on any atom is 0.340 e. The van der Waals surface area contributed by atoms with E-state index in [1.165, 1.54) is 0 Å². The van der Waals surface area contributed by atoms with Crippen molar-refractivity contribution < 1.29 is 19.7 Å². The number of hydrogen-bond acceptors (Lipinski definition) is 3. The number of aliphatic hydroxyl groups is 1. The molecule has 0 spiro atoms. The number of para-hydroxylation sites is 1. The molecule has 2 rings (SSSR count). The van der Waals surface area contributed by atoms with E-state index in [1.54, 1.807) is 42.5 Å². The fourth-order valence-electron chi connectivity index (χ4n) is 1.92. The average Bonchev–Trinajstić information content (AvgIpc) is 2.49. The van der Waals surface area contributed by atoms with E-state index in [0.29, 0.717) is 11.3 Å². The maximum atomic E-state index is 11.4. The molecule has 0 saturated heterocycles. The van der Waals surface area contributed by atoms with Gasteiger partial charge in [0.1, 0.15) is 5.75 Å². The first-order valence-corrected chi connectivity index (χ1v) is 6.32. The molecule has 20 heavy (non-hydrogen) atoms.